The Hall–Kier alpha value is -4.71. The van der Waals surface area contributed by atoms with E-state index >= 15 is 0 Å². The van der Waals surface area contributed by atoms with Crippen molar-refractivity contribution in [1.82, 2.24) is 19.2 Å². The molecule has 2 aliphatic rings. The van der Waals surface area contributed by atoms with Gasteiger partial charge in [-0.2, -0.15) is 8.61 Å². The van der Waals surface area contributed by atoms with Crippen molar-refractivity contribution in [3.05, 3.63) is 126 Å². The van der Waals surface area contributed by atoms with Gasteiger partial charge in [0.15, 0.2) is 0 Å². The lowest BCUT2D eigenvalue weighted by atomic mass is 10.2. The van der Waals surface area contributed by atoms with Crippen LogP contribution in [0.2, 0.25) is 20.1 Å². The fraction of sp³-hybridized carbons (Fsp3) is 0.222. The van der Waals surface area contributed by atoms with Gasteiger partial charge in [0, 0.05) is 76.6 Å². The number of anilines is 2. The van der Waals surface area contributed by atoms with Crippen LogP contribution in [0, 0.1) is 0 Å². The number of benzene rings is 4. The second kappa shape index (κ2) is 16.5. The molecular formula is C36H32Cl4N8O10S3+2. The predicted molar refractivity (Wildman–Crippen MR) is 222 cm³/mol. The highest BCUT2D eigenvalue weighted by Crippen LogP contribution is 2.36. The molecule has 25 heteroatoms. The van der Waals surface area contributed by atoms with Gasteiger partial charge in [0.2, 0.25) is 21.2 Å². The van der Waals surface area contributed by atoms with Crippen LogP contribution in [0.1, 0.15) is 0 Å². The zero-order chi connectivity index (χ0) is 43.4. The fourth-order valence-corrected chi connectivity index (χ4v) is 12.7. The Morgan fingerprint density at radius 2 is 0.787 bits per heavy atom. The molecule has 2 N–H and O–H groups in total. The number of H-pyrrole nitrogens is 2. The fourth-order valence-electron chi connectivity index (χ4n) is 7.12. The van der Waals surface area contributed by atoms with Crippen molar-refractivity contribution in [3.8, 4) is 11.4 Å². The third-order valence-electron chi connectivity index (χ3n) is 10.2. The first-order chi connectivity index (χ1) is 29.0. The Kier molecular flexibility index (Phi) is 11.6. The summed E-state index contributed by atoms with van der Waals surface area (Å²) in [4.78, 5) is 28.9. The molecule has 0 bridgehead atoms. The third-order valence-corrected chi connectivity index (χ3v) is 16.9. The number of piperazine rings is 2. The van der Waals surface area contributed by atoms with Crippen LogP contribution in [0.25, 0.3) is 11.4 Å². The van der Waals surface area contributed by atoms with Gasteiger partial charge in [-0.1, -0.05) is 58.5 Å². The number of rotatable bonds is 10. The van der Waals surface area contributed by atoms with Crippen LogP contribution < -0.4 is 30.4 Å². The molecule has 2 fully saturated rings. The van der Waals surface area contributed by atoms with Gasteiger partial charge in [0.1, 0.15) is 0 Å². The Morgan fingerprint density at radius 1 is 0.475 bits per heavy atom. The molecule has 0 atom stereocenters. The second-order valence-corrected chi connectivity index (χ2v) is 20.9. The molecule has 0 unspecified atom stereocenters. The van der Waals surface area contributed by atoms with Gasteiger partial charge in [-0.3, -0.25) is 9.05 Å². The molecule has 0 aliphatic carbocycles. The minimum Gasteiger partial charge on any atom is -0.366 e. The number of aromatic amines is 2. The Morgan fingerprint density at radius 3 is 1.10 bits per heavy atom. The molecular weight excluding hydrogens is 942 g/mol. The van der Waals surface area contributed by atoms with E-state index in [9.17, 15) is 34.8 Å². The van der Waals surface area contributed by atoms with E-state index in [4.69, 9.17) is 55.4 Å². The van der Waals surface area contributed by atoms with Crippen molar-refractivity contribution in [2.45, 2.75) is 19.8 Å². The van der Waals surface area contributed by atoms with Gasteiger partial charge in [0.25, 0.3) is 0 Å². The van der Waals surface area contributed by atoms with Crippen LogP contribution in [0.3, 0.4) is 0 Å². The Bertz CT molecular complexity index is 2860. The Balaban J connectivity index is 0.980. The van der Waals surface area contributed by atoms with E-state index in [2.05, 4.69) is 10.5 Å². The zero-order valence-corrected chi connectivity index (χ0v) is 36.7. The molecule has 61 heavy (non-hydrogen) atoms. The summed E-state index contributed by atoms with van der Waals surface area (Å²) < 4.78 is 96.5. The first-order valence-corrected chi connectivity index (χ1v) is 24.0. The molecule has 0 amide bonds. The highest BCUT2D eigenvalue weighted by Gasteiger charge is 2.44. The summed E-state index contributed by atoms with van der Waals surface area (Å²) in [6, 6.07) is 20.1. The summed E-state index contributed by atoms with van der Waals surface area (Å²) in [5, 5.41) is 4.76. The van der Waals surface area contributed by atoms with Gasteiger partial charge in [-0.15, -0.1) is 0 Å². The van der Waals surface area contributed by atoms with E-state index in [1.165, 1.54) is 48.5 Å². The van der Waals surface area contributed by atoms with Crippen LogP contribution in [0.15, 0.2) is 123 Å². The average Bonchev–Trinajstić information content (AvgIpc) is 3.84. The van der Waals surface area contributed by atoms with E-state index in [0.29, 0.717) is 31.5 Å². The summed E-state index contributed by atoms with van der Waals surface area (Å²) in [6.07, 6.45) is 0. The Labute approximate surface area is 367 Å². The topological polar surface area (TPSA) is 215 Å². The maximum Gasteiger partial charge on any atom is 0.448 e. The van der Waals surface area contributed by atoms with E-state index in [1.54, 1.807) is 36.4 Å². The van der Waals surface area contributed by atoms with E-state index < -0.39 is 51.2 Å². The zero-order valence-electron chi connectivity index (χ0n) is 31.2. The second-order valence-electron chi connectivity index (χ2n) is 13.7. The number of sulfone groups is 1. The smallest absolute Gasteiger partial charge is 0.366 e. The lowest BCUT2D eigenvalue weighted by molar-refractivity contribution is -0.706. The summed E-state index contributed by atoms with van der Waals surface area (Å²) in [5.41, 5.74) is -1.04. The molecule has 6 aromatic rings. The van der Waals surface area contributed by atoms with Gasteiger partial charge >= 0.3 is 41.3 Å². The number of para-hydroxylation sites is 2. The lowest BCUT2D eigenvalue weighted by Crippen LogP contribution is -2.52. The summed E-state index contributed by atoms with van der Waals surface area (Å²) in [5.74, 6) is 0. The molecule has 4 aromatic carbocycles. The van der Waals surface area contributed by atoms with Crippen molar-refractivity contribution >= 4 is 87.7 Å². The first-order valence-electron chi connectivity index (χ1n) is 18.1. The molecule has 0 radical (unpaired) electrons. The number of nitrogens with zero attached hydrogens (tertiary/aromatic N) is 6. The number of hydrogen-bond acceptors (Lipinski definition) is 12. The average molecular weight is 975 g/mol. The largest absolute Gasteiger partial charge is 0.448 e. The minimum atomic E-state index is -4.43. The number of hydrogen-bond donors (Lipinski definition) is 2. The standard InChI is InChI=1S/C36H30Cl4N8O10S3/c37-27-3-1-4-28(38)31(27)43-15-19-45(20-16-43)60(53,54)33-35(49)57-41-47(33)23-7-11-25(12-8-23)59(51,52)26-13-9-24(10-14-26)48-34(36(50)58-42-48)61(55,56)46-21-17-44(18-22-46)32-29(39)5-2-6-30(32)40/h1-14H,15-22H2/p+2. The quantitative estimate of drug-likeness (QED) is 0.189. The predicted octanol–water partition coefficient (Wildman–Crippen LogP) is 3.27. The van der Waals surface area contributed by atoms with Crippen LogP contribution in [0.5, 0.6) is 0 Å². The van der Waals surface area contributed by atoms with E-state index in [1.807, 2.05) is 9.80 Å². The molecule has 2 saturated heterocycles. The molecule has 2 aromatic heterocycles. The third kappa shape index (κ3) is 7.87. The maximum atomic E-state index is 13.8. The summed E-state index contributed by atoms with van der Waals surface area (Å²) in [7, 11) is -13.1. The monoisotopic (exact) mass is 972 g/mol. The number of sulfonamides is 2. The lowest BCUT2D eigenvalue weighted by Gasteiger charge is -2.35. The molecule has 18 nitrogen and oxygen atoms in total. The molecule has 0 spiro atoms. The number of halogens is 4. The normalized spacial score (nSPS) is 16.0. The van der Waals surface area contributed by atoms with Crippen molar-refractivity contribution in [1.29, 1.82) is 0 Å². The molecule has 2 aliphatic heterocycles. The minimum absolute atomic E-state index is 0.00455. The van der Waals surface area contributed by atoms with Crippen molar-refractivity contribution in [3.63, 3.8) is 0 Å². The van der Waals surface area contributed by atoms with E-state index in [0.717, 1.165) is 18.0 Å². The summed E-state index contributed by atoms with van der Waals surface area (Å²) >= 11 is 25.4. The molecule has 4 heterocycles. The van der Waals surface area contributed by atoms with Crippen LogP contribution in [-0.2, 0) is 29.9 Å². The van der Waals surface area contributed by atoms with Crippen molar-refractivity contribution in [2.24, 2.45) is 0 Å². The highest BCUT2D eigenvalue weighted by atomic mass is 35.5. The van der Waals surface area contributed by atoms with Crippen LogP contribution in [0.4, 0.5) is 11.4 Å². The van der Waals surface area contributed by atoms with Crippen molar-refractivity contribution in [2.75, 3.05) is 62.2 Å². The van der Waals surface area contributed by atoms with Gasteiger partial charge in [-0.05, 0) is 68.4 Å². The van der Waals surface area contributed by atoms with E-state index in [-0.39, 0.29) is 73.5 Å². The molecule has 8 rings (SSSR count). The van der Waals surface area contributed by atoms with Gasteiger partial charge < -0.3 is 9.80 Å². The van der Waals surface area contributed by atoms with Crippen LogP contribution >= 0.6 is 46.4 Å². The van der Waals surface area contributed by atoms with Crippen LogP contribution in [-0.4, -0.2) is 96.8 Å². The van der Waals surface area contributed by atoms with Gasteiger partial charge in [-0.25, -0.2) is 34.8 Å². The first kappa shape index (κ1) is 43.0. The maximum absolute atomic E-state index is 13.8. The molecule has 320 valence electrons. The highest BCUT2D eigenvalue weighted by molar-refractivity contribution is 7.91. The van der Waals surface area contributed by atoms with Crippen molar-refractivity contribution < 1.29 is 43.7 Å². The number of aromatic nitrogens is 4. The van der Waals surface area contributed by atoms with Gasteiger partial charge in [0.05, 0.1) is 41.3 Å². The summed E-state index contributed by atoms with van der Waals surface area (Å²) in [6.45, 7) is 0.890. The number of nitrogens with one attached hydrogen (secondary N) is 2. The molecule has 0 saturated carbocycles. The SMILES string of the molecule is O=c1o[nH][n+](-c2ccc(S(=O)(=O)c3ccc(-[n+]4[nH]oc(=O)c4S(=O)(=O)N4CCN(c5c(Cl)cccc5Cl)CC4)cc3)cc2)c1S(=O)(=O)N1CCN(c2c(Cl)cccc2Cl)CC1.